The molecule has 1 rings (SSSR count). The number of methoxy groups -OCH3 is 1. The molecule has 0 fully saturated rings. The average Bonchev–Trinajstić information content (AvgIpc) is 2.21. The molecule has 0 bridgehead atoms. The molecule has 1 atom stereocenters. The van der Waals surface area contributed by atoms with Crippen molar-refractivity contribution in [3.63, 3.8) is 0 Å². The molecule has 0 saturated carbocycles. The smallest absolute Gasteiger partial charge is 0.117 e. The minimum Gasteiger partial charge on any atom is -0.369 e. The molecule has 0 amide bonds. The Balaban J connectivity index is 2.66. The number of ether oxygens (including phenoxy) is 1. The second-order valence-corrected chi connectivity index (χ2v) is 2.77. The van der Waals surface area contributed by atoms with E-state index in [-0.39, 0.29) is 6.10 Å². The Morgan fingerprint density at radius 1 is 1.31 bits per heavy atom. The van der Waals surface area contributed by atoms with Crippen molar-refractivity contribution in [3.8, 4) is 11.8 Å². The van der Waals surface area contributed by atoms with Gasteiger partial charge in [-0.05, 0) is 18.6 Å². The van der Waals surface area contributed by atoms with Crippen LogP contribution in [0.1, 0.15) is 18.9 Å². The van der Waals surface area contributed by atoms with Crippen molar-refractivity contribution in [2.45, 2.75) is 19.4 Å². The highest BCUT2D eigenvalue weighted by Gasteiger charge is 1.95. The van der Waals surface area contributed by atoms with E-state index in [2.05, 4.69) is 18.8 Å². The van der Waals surface area contributed by atoms with Gasteiger partial charge in [-0.2, -0.15) is 0 Å². The second kappa shape index (κ2) is 5.40. The molecule has 0 aliphatic heterocycles. The SMILES string of the molecule is CCC(C#Cc1ccccc1)OC. The fourth-order valence-corrected chi connectivity index (χ4v) is 1.01. The first kappa shape index (κ1) is 9.83. The summed E-state index contributed by atoms with van der Waals surface area (Å²) in [5.74, 6) is 6.13. The monoisotopic (exact) mass is 174 g/mol. The Morgan fingerprint density at radius 2 is 2.00 bits per heavy atom. The van der Waals surface area contributed by atoms with Crippen LogP contribution in [0, 0.1) is 11.8 Å². The van der Waals surface area contributed by atoms with Crippen LogP contribution < -0.4 is 0 Å². The lowest BCUT2D eigenvalue weighted by Crippen LogP contribution is -2.04. The lowest BCUT2D eigenvalue weighted by Gasteiger charge is -2.02. The number of benzene rings is 1. The zero-order valence-corrected chi connectivity index (χ0v) is 8.08. The standard InChI is InChI=1S/C12H14O/c1-3-12(13-2)10-9-11-7-5-4-6-8-11/h4-8,12H,3H2,1-2H3. The van der Waals surface area contributed by atoms with Crippen molar-refractivity contribution in [2.24, 2.45) is 0 Å². The van der Waals surface area contributed by atoms with Crippen molar-refractivity contribution < 1.29 is 4.74 Å². The van der Waals surface area contributed by atoms with Gasteiger partial charge in [-0.1, -0.05) is 37.0 Å². The summed E-state index contributed by atoms with van der Waals surface area (Å²) < 4.78 is 5.15. The van der Waals surface area contributed by atoms with Gasteiger partial charge < -0.3 is 4.74 Å². The van der Waals surface area contributed by atoms with Gasteiger partial charge in [0.1, 0.15) is 6.10 Å². The Labute approximate surface area is 79.7 Å². The molecule has 1 nitrogen and oxygen atoms in total. The van der Waals surface area contributed by atoms with Crippen molar-refractivity contribution >= 4 is 0 Å². The molecule has 0 heterocycles. The third kappa shape index (κ3) is 3.31. The molecular formula is C12H14O. The summed E-state index contributed by atoms with van der Waals surface area (Å²) in [5, 5.41) is 0. The van der Waals surface area contributed by atoms with Crippen LogP contribution in [-0.2, 0) is 4.74 Å². The van der Waals surface area contributed by atoms with Crippen molar-refractivity contribution in [1.82, 2.24) is 0 Å². The fraction of sp³-hybridized carbons (Fsp3) is 0.333. The highest BCUT2D eigenvalue weighted by atomic mass is 16.5. The van der Waals surface area contributed by atoms with Gasteiger partial charge in [0.25, 0.3) is 0 Å². The fourth-order valence-electron chi connectivity index (χ4n) is 1.01. The molecule has 1 aromatic carbocycles. The predicted molar refractivity (Wildman–Crippen MR) is 54.4 cm³/mol. The first-order valence-corrected chi connectivity index (χ1v) is 4.46. The topological polar surface area (TPSA) is 9.23 Å². The molecule has 0 aliphatic carbocycles. The third-order valence-corrected chi connectivity index (χ3v) is 1.81. The van der Waals surface area contributed by atoms with E-state index in [1.807, 2.05) is 30.3 Å². The van der Waals surface area contributed by atoms with Gasteiger partial charge in [-0.3, -0.25) is 0 Å². The third-order valence-electron chi connectivity index (χ3n) is 1.81. The van der Waals surface area contributed by atoms with Crippen LogP contribution in [0.15, 0.2) is 30.3 Å². The van der Waals surface area contributed by atoms with Crippen molar-refractivity contribution in [1.29, 1.82) is 0 Å². The predicted octanol–water partition coefficient (Wildman–Crippen LogP) is 2.46. The van der Waals surface area contributed by atoms with Crippen LogP contribution >= 0.6 is 0 Å². The first-order chi connectivity index (χ1) is 6.36. The van der Waals surface area contributed by atoms with E-state index in [0.717, 1.165) is 12.0 Å². The summed E-state index contributed by atoms with van der Waals surface area (Å²) in [5.41, 5.74) is 1.04. The number of hydrogen-bond acceptors (Lipinski definition) is 1. The van der Waals surface area contributed by atoms with Gasteiger partial charge in [0.15, 0.2) is 0 Å². The quantitative estimate of drug-likeness (QED) is 0.626. The van der Waals surface area contributed by atoms with Gasteiger partial charge in [0, 0.05) is 12.7 Å². The second-order valence-electron chi connectivity index (χ2n) is 2.77. The number of hydrogen-bond donors (Lipinski definition) is 0. The molecular weight excluding hydrogens is 160 g/mol. The van der Waals surface area contributed by atoms with E-state index in [0.29, 0.717) is 0 Å². The molecule has 0 N–H and O–H groups in total. The van der Waals surface area contributed by atoms with E-state index in [1.165, 1.54) is 0 Å². The van der Waals surface area contributed by atoms with Crippen LogP contribution in [0.5, 0.6) is 0 Å². The summed E-state index contributed by atoms with van der Waals surface area (Å²) >= 11 is 0. The molecule has 0 saturated heterocycles. The Morgan fingerprint density at radius 3 is 2.54 bits per heavy atom. The van der Waals surface area contributed by atoms with Gasteiger partial charge in [0.05, 0.1) is 0 Å². The molecule has 13 heavy (non-hydrogen) atoms. The Kier molecular flexibility index (Phi) is 4.08. The molecule has 1 unspecified atom stereocenters. The van der Waals surface area contributed by atoms with Crippen LogP contribution in [0.4, 0.5) is 0 Å². The van der Waals surface area contributed by atoms with E-state index < -0.39 is 0 Å². The molecule has 0 aromatic heterocycles. The normalized spacial score (nSPS) is 11.5. The van der Waals surface area contributed by atoms with Crippen molar-refractivity contribution in [2.75, 3.05) is 7.11 Å². The first-order valence-electron chi connectivity index (χ1n) is 4.46. The van der Waals surface area contributed by atoms with Gasteiger partial charge in [0.2, 0.25) is 0 Å². The minimum atomic E-state index is 0.0557. The van der Waals surface area contributed by atoms with Crippen LogP contribution in [0.2, 0.25) is 0 Å². The molecule has 1 heteroatoms. The summed E-state index contributed by atoms with van der Waals surface area (Å²) in [6, 6.07) is 9.94. The highest BCUT2D eigenvalue weighted by Crippen LogP contribution is 1.97. The Hall–Kier alpha value is -1.26. The maximum atomic E-state index is 5.15. The molecule has 0 spiro atoms. The van der Waals surface area contributed by atoms with Gasteiger partial charge >= 0.3 is 0 Å². The Bertz CT molecular complexity index is 288. The van der Waals surface area contributed by atoms with E-state index in [9.17, 15) is 0 Å². The zero-order chi connectivity index (χ0) is 9.52. The van der Waals surface area contributed by atoms with Gasteiger partial charge in [-0.25, -0.2) is 0 Å². The summed E-state index contributed by atoms with van der Waals surface area (Å²) in [4.78, 5) is 0. The lowest BCUT2D eigenvalue weighted by molar-refractivity contribution is 0.145. The van der Waals surface area contributed by atoms with Gasteiger partial charge in [-0.15, -0.1) is 0 Å². The maximum Gasteiger partial charge on any atom is 0.117 e. The highest BCUT2D eigenvalue weighted by molar-refractivity contribution is 5.34. The van der Waals surface area contributed by atoms with Crippen LogP contribution in [0.3, 0.4) is 0 Å². The van der Waals surface area contributed by atoms with Crippen LogP contribution in [-0.4, -0.2) is 13.2 Å². The summed E-state index contributed by atoms with van der Waals surface area (Å²) in [6.07, 6.45) is 0.983. The average molecular weight is 174 g/mol. The largest absolute Gasteiger partial charge is 0.369 e. The molecule has 0 radical (unpaired) electrons. The number of rotatable bonds is 2. The van der Waals surface area contributed by atoms with Crippen molar-refractivity contribution in [3.05, 3.63) is 35.9 Å². The van der Waals surface area contributed by atoms with Crippen LogP contribution in [0.25, 0.3) is 0 Å². The van der Waals surface area contributed by atoms with E-state index >= 15 is 0 Å². The molecule has 68 valence electrons. The lowest BCUT2D eigenvalue weighted by atomic mass is 10.2. The van der Waals surface area contributed by atoms with E-state index in [1.54, 1.807) is 7.11 Å². The molecule has 1 aromatic rings. The summed E-state index contributed by atoms with van der Waals surface area (Å²) in [6.45, 7) is 2.06. The zero-order valence-electron chi connectivity index (χ0n) is 8.08. The maximum absolute atomic E-state index is 5.15. The minimum absolute atomic E-state index is 0.0557. The van der Waals surface area contributed by atoms with E-state index in [4.69, 9.17) is 4.74 Å². The molecule has 0 aliphatic rings. The summed E-state index contributed by atoms with van der Waals surface area (Å²) in [7, 11) is 1.69.